The van der Waals surface area contributed by atoms with Gasteiger partial charge in [0.1, 0.15) is 5.75 Å². The van der Waals surface area contributed by atoms with Gasteiger partial charge in [0.25, 0.3) is 0 Å². The number of para-hydroxylation sites is 1. The average molecular weight is 293 g/mol. The van der Waals surface area contributed by atoms with Crippen molar-refractivity contribution in [3.63, 3.8) is 0 Å². The topological polar surface area (TPSA) is 29.5 Å². The number of hydrogen-bond acceptors (Lipinski definition) is 2. The molecule has 2 aromatic carbocycles. The van der Waals surface area contributed by atoms with Crippen LogP contribution in [0.4, 0.5) is 0 Å². The fraction of sp³-hybridized carbons (Fsp3) is 0.143. The Bertz CT molecular complexity index is 523. The molecule has 0 amide bonds. The Morgan fingerprint density at radius 3 is 2.47 bits per heavy atom. The van der Waals surface area contributed by atoms with Gasteiger partial charge in [-0.3, -0.25) is 0 Å². The molecule has 0 aliphatic carbocycles. The normalized spacial score (nSPS) is 10.3. The lowest BCUT2D eigenvalue weighted by atomic mass is 9.99. The highest BCUT2D eigenvalue weighted by Crippen LogP contribution is 2.37. The van der Waals surface area contributed by atoms with Crippen molar-refractivity contribution in [2.75, 3.05) is 7.11 Å². The first-order chi connectivity index (χ1) is 8.27. The van der Waals surface area contributed by atoms with Crippen molar-refractivity contribution < 1.29 is 9.84 Å². The molecule has 0 spiro atoms. The Morgan fingerprint density at radius 2 is 1.76 bits per heavy atom. The van der Waals surface area contributed by atoms with Crippen LogP contribution in [0, 0.1) is 0 Å². The van der Waals surface area contributed by atoms with E-state index in [0.29, 0.717) is 0 Å². The summed E-state index contributed by atoms with van der Waals surface area (Å²) in [4.78, 5) is 0. The molecule has 0 fully saturated rings. The SMILES string of the molecule is COc1c(Br)cccc1-c1ccccc1CO. The molecule has 17 heavy (non-hydrogen) atoms. The molecule has 0 heterocycles. The van der Waals surface area contributed by atoms with Gasteiger partial charge in [0.2, 0.25) is 0 Å². The van der Waals surface area contributed by atoms with E-state index in [9.17, 15) is 5.11 Å². The van der Waals surface area contributed by atoms with Gasteiger partial charge >= 0.3 is 0 Å². The third-order valence-corrected chi connectivity index (χ3v) is 3.27. The summed E-state index contributed by atoms with van der Waals surface area (Å²) in [5.41, 5.74) is 2.86. The van der Waals surface area contributed by atoms with Crippen LogP contribution in [0.1, 0.15) is 5.56 Å². The standard InChI is InChI=1S/C14H13BrO2/c1-17-14-12(7-4-8-13(14)15)11-6-3-2-5-10(11)9-16/h2-8,16H,9H2,1H3. The molecule has 0 saturated carbocycles. The summed E-state index contributed by atoms with van der Waals surface area (Å²) in [5, 5.41) is 9.36. The number of aliphatic hydroxyl groups is 1. The fourth-order valence-corrected chi connectivity index (χ4v) is 2.38. The van der Waals surface area contributed by atoms with Gasteiger partial charge in [-0.2, -0.15) is 0 Å². The van der Waals surface area contributed by atoms with Crippen LogP contribution in [0.2, 0.25) is 0 Å². The lowest BCUT2D eigenvalue weighted by Crippen LogP contribution is -1.93. The van der Waals surface area contributed by atoms with E-state index in [-0.39, 0.29) is 6.61 Å². The van der Waals surface area contributed by atoms with Crippen molar-refractivity contribution in [3.05, 3.63) is 52.5 Å². The molecule has 0 aliphatic rings. The molecule has 0 atom stereocenters. The first-order valence-electron chi connectivity index (χ1n) is 5.29. The van der Waals surface area contributed by atoms with E-state index >= 15 is 0 Å². The van der Waals surface area contributed by atoms with Crippen LogP contribution in [-0.2, 0) is 6.61 Å². The second kappa shape index (κ2) is 5.34. The van der Waals surface area contributed by atoms with Gasteiger partial charge < -0.3 is 9.84 Å². The maximum Gasteiger partial charge on any atom is 0.140 e. The zero-order chi connectivity index (χ0) is 12.3. The number of ether oxygens (including phenoxy) is 1. The summed E-state index contributed by atoms with van der Waals surface area (Å²) in [7, 11) is 1.64. The summed E-state index contributed by atoms with van der Waals surface area (Å²) >= 11 is 3.46. The molecule has 3 heteroatoms. The molecular weight excluding hydrogens is 280 g/mol. The van der Waals surface area contributed by atoms with Gasteiger partial charge in [-0.15, -0.1) is 0 Å². The molecule has 0 aromatic heterocycles. The monoisotopic (exact) mass is 292 g/mol. The second-order valence-corrected chi connectivity index (χ2v) is 4.49. The third-order valence-electron chi connectivity index (χ3n) is 2.65. The number of aliphatic hydroxyl groups excluding tert-OH is 1. The lowest BCUT2D eigenvalue weighted by molar-refractivity contribution is 0.282. The molecule has 88 valence electrons. The molecule has 0 aliphatic heterocycles. The zero-order valence-electron chi connectivity index (χ0n) is 9.48. The Kier molecular flexibility index (Phi) is 3.82. The lowest BCUT2D eigenvalue weighted by Gasteiger charge is -2.13. The fourth-order valence-electron chi connectivity index (χ4n) is 1.85. The van der Waals surface area contributed by atoms with E-state index in [1.54, 1.807) is 7.11 Å². The van der Waals surface area contributed by atoms with Crippen LogP contribution in [0.25, 0.3) is 11.1 Å². The van der Waals surface area contributed by atoms with Crippen LogP contribution >= 0.6 is 15.9 Å². The number of hydrogen-bond donors (Lipinski definition) is 1. The van der Waals surface area contributed by atoms with Crippen LogP contribution in [-0.4, -0.2) is 12.2 Å². The zero-order valence-corrected chi connectivity index (χ0v) is 11.1. The number of halogens is 1. The molecule has 2 aromatic rings. The van der Waals surface area contributed by atoms with Crippen molar-refractivity contribution in [2.24, 2.45) is 0 Å². The van der Waals surface area contributed by atoms with Crippen molar-refractivity contribution in [2.45, 2.75) is 6.61 Å². The summed E-state index contributed by atoms with van der Waals surface area (Å²) < 4.78 is 6.31. The van der Waals surface area contributed by atoms with Gasteiger partial charge in [0, 0.05) is 5.56 Å². The van der Waals surface area contributed by atoms with Crippen molar-refractivity contribution in [1.29, 1.82) is 0 Å². The first-order valence-corrected chi connectivity index (χ1v) is 6.09. The highest BCUT2D eigenvalue weighted by atomic mass is 79.9. The van der Waals surface area contributed by atoms with E-state index < -0.39 is 0 Å². The Labute approximate surface area is 109 Å². The van der Waals surface area contributed by atoms with Crippen LogP contribution < -0.4 is 4.74 Å². The quantitative estimate of drug-likeness (QED) is 0.936. The number of methoxy groups -OCH3 is 1. The van der Waals surface area contributed by atoms with Gasteiger partial charge in [-0.25, -0.2) is 0 Å². The van der Waals surface area contributed by atoms with E-state index in [2.05, 4.69) is 15.9 Å². The van der Waals surface area contributed by atoms with Crippen molar-refractivity contribution >= 4 is 15.9 Å². The Morgan fingerprint density at radius 1 is 1.06 bits per heavy atom. The summed E-state index contributed by atoms with van der Waals surface area (Å²) in [6.45, 7) is 0.0197. The number of benzene rings is 2. The molecular formula is C14H13BrO2. The minimum absolute atomic E-state index is 0.0197. The Hall–Kier alpha value is -1.32. The second-order valence-electron chi connectivity index (χ2n) is 3.64. The van der Waals surface area contributed by atoms with E-state index in [1.165, 1.54) is 0 Å². The van der Waals surface area contributed by atoms with Gasteiger partial charge in [-0.1, -0.05) is 36.4 Å². The van der Waals surface area contributed by atoms with Crippen LogP contribution in [0.3, 0.4) is 0 Å². The Balaban J connectivity index is 2.64. The van der Waals surface area contributed by atoms with Gasteiger partial charge in [-0.05, 0) is 33.1 Å². The molecule has 0 unspecified atom stereocenters. The van der Waals surface area contributed by atoms with Gasteiger partial charge in [0.15, 0.2) is 0 Å². The molecule has 0 saturated heterocycles. The molecule has 0 radical (unpaired) electrons. The van der Waals surface area contributed by atoms with Crippen LogP contribution in [0.5, 0.6) is 5.75 Å². The summed E-state index contributed by atoms with van der Waals surface area (Å²) in [6, 6.07) is 13.6. The first kappa shape index (κ1) is 12.1. The smallest absolute Gasteiger partial charge is 0.140 e. The van der Waals surface area contributed by atoms with Gasteiger partial charge in [0.05, 0.1) is 18.2 Å². The maximum absolute atomic E-state index is 9.36. The maximum atomic E-state index is 9.36. The largest absolute Gasteiger partial charge is 0.495 e. The highest BCUT2D eigenvalue weighted by molar-refractivity contribution is 9.10. The highest BCUT2D eigenvalue weighted by Gasteiger charge is 2.11. The summed E-state index contributed by atoms with van der Waals surface area (Å²) in [5.74, 6) is 0.786. The average Bonchev–Trinajstić information content (AvgIpc) is 2.38. The van der Waals surface area contributed by atoms with Crippen molar-refractivity contribution in [3.8, 4) is 16.9 Å². The third kappa shape index (κ3) is 2.35. The predicted octanol–water partition coefficient (Wildman–Crippen LogP) is 3.62. The minimum atomic E-state index is 0.0197. The molecule has 2 nitrogen and oxygen atoms in total. The predicted molar refractivity (Wildman–Crippen MR) is 72.1 cm³/mol. The van der Waals surface area contributed by atoms with E-state index in [4.69, 9.17) is 4.74 Å². The molecule has 0 bridgehead atoms. The number of rotatable bonds is 3. The molecule has 1 N–H and O–H groups in total. The van der Waals surface area contributed by atoms with E-state index in [0.717, 1.165) is 26.9 Å². The summed E-state index contributed by atoms with van der Waals surface area (Å²) in [6.07, 6.45) is 0. The van der Waals surface area contributed by atoms with Crippen LogP contribution in [0.15, 0.2) is 46.9 Å². The minimum Gasteiger partial charge on any atom is -0.495 e. The molecule has 2 rings (SSSR count). The van der Waals surface area contributed by atoms with Crippen molar-refractivity contribution in [1.82, 2.24) is 0 Å². The van der Waals surface area contributed by atoms with E-state index in [1.807, 2.05) is 42.5 Å².